The van der Waals surface area contributed by atoms with Gasteiger partial charge in [-0.2, -0.15) is 4.31 Å². The number of sulfonamides is 1. The van der Waals surface area contributed by atoms with Gasteiger partial charge in [0, 0.05) is 33.7 Å². The number of nitrogens with one attached hydrogen (secondary N) is 2. The van der Waals surface area contributed by atoms with Crippen LogP contribution in [-0.2, 0) is 10.0 Å². The number of anilines is 2. The first-order valence-electron chi connectivity index (χ1n) is 8.14. The highest BCUT2D eigenvalue weighted by Gasteiger charge is 2.23. The van der Waals surface area contributed by atoms with Crippen LogP contribution in [0, 0.1) is 0 Å². The Morgan fingerprint density at radius 2 is 1.75 bits per heavy atom. The fourth-order valence-electron chi connectivity index (χ4n) is 2.28. The predicted octanol–water partition coefficient (Wildman–Crippen LogP) is 2.31. The maximum atomic E-state index is 12.7. The van der Waals surface area contributed by atoms with Gasteiger partial charge in [0.1, 0.15) is 0 Å². The third-order valence-electron chi connectivity index (χ3n) is 3.58. The normalized spacial score (nSPS) is 11.4. The third-order valence-corrected chi connectivity index (χ3v) is 5.62. The number of carbonyl (C=O) groups excluding carboxylic acids is 1. The summed E-state index contributed by atoms with van der Waals surface area (Å²) >= 11 is 0. The molecule has 1 rings (SSSR count). The summed E-state index contributed by atoms with van der Waals surface area (Å²) in [4.78, 5) is 13.9. The van der Waals surface area contributed by atoms with Gasteiger partial charge in [-0.3, -0.25) is 0 Å². The number of nitrogens with zero attached hydrogens (tertiary/aromatic N) is 2. The summed E-state index contributed by atoms with van der Waals surface area (Å²) in [5.74, 6) is 0. The molecule has 0 aliphatic carbocycles. The van der Waals surface area contributed by atoms with E-state index in [0.717, 1.165) is 12.1 Å². The van der Waals surface area contributed by atoms with Crippen LogP contribution >= 0.6 is 0 Å². The van der Waals surface area contributed by atoms with E-state index in [9.17, 15) is 13.2 Å². The molecule has 8 heteroatoms. The molecule has 0 aliphatic heterocycles. The van der Waals surface area contributed by atoms with Crippen molar-refractivity contribution >= 4 is 27.4 Å². The standard InChI is InChI=1S/C16H28N4O3S/c1-6-11-17-16(21)18-14-12-13(9-10-15(14)19(4)5)24(22,23)20(7-2)8-3/h9-10,12H,6-8,11H2,1-5H3,(H2,17,18,21). The third kappa shape index (κ3) is 4.85. The second-order valence-corrected chi connectivity index (χ2v) is 7.48. The van der Waals surface area contributed by atoms with Crippen molar-refractivity contribution in [2.75, 3.05) is 43.9 Å². The number of urea groups is 1. The lowest BCUT2D eigenvalue weighted by atomic mass is 10.2. The molecular formula is C16H28N4O3S. The van der Waals surface area contributed by atoms with Gasteiger partial charge in [0.15, 0.2) is 0 Å². The van der Waals surface area contributed by atoms with Gasteiger partial charge in [-0.05, 0) is 24.6 Å². The molecule has 24 heavy (non-hydrogen) atoms. The number of rotatable bonds is 8. The van der Waals surface area contributed by atoms with E-state index in [0.29, 0.717) is 25.3 Å². The van der Waals surface area contributed by atoms with Crippen molar-refractivity contribution in [2.45, 2.75) is 32.1 Å². The Labute approximate surface area is 145 Å². The minimum absolute atomic E-state index is 0.169. The average Bonchev–Trinajstić information content (AvgIpc) is 2.53. The highest BCUT2D eigenvalue weighted by molar-refractivity contribution is 7.89. The van der Waals surface area contributed by atoms with Crippen molar-refractivity contribution in [3.63, 3.8) is 0 Å². The molecule has 0 saturated carbocycles. The van der Waals surface area contributed by atoms with Gasteiger partial charge >= 0.3 is 6.03 Å². The van der Waals surface area contributed by atoms with Crippen LogP contribution < -0.4 is 15.5 Å². The quantitative estimate of drug-likeness (QED) is 0.749. The highest BCUT2D eigenvalue weighted by Crippen LogP contribution is 2.29. The van der Waals surface area contributed by atoms with Crippen LogP contribution in [0.25, 0.3) is 0 Å². The maximum Gasteiger partial charge on any atom is 0.319 e. The molecule has 136 valence electrons. The summed E-state index contributed by atoms with van der Waals surface area (Å²) in [6, 6.07) is 4.43. The number of carbonyl (C=O) groups is 1. The Kier molecular flexibility index (Phi) is 7.50. The Bertz CT molecular complexity index is 655. The molecule has 0 spiro atoms. The Balaban J connectivity index is 3.23. The molecule has 0 atom stereocenters. The minimum atomic E-state index is -3.58. The van der Waals surface area contributed by atoms with Crippen LogP contribution in [0.4, 0.5) is 16.2 Å². The van der Waals surface area contributed by atoms with Crippen molar-refractivity contribution in [2.24, 2.45) is 0 Å². The monoisotopic (exact) mass is 356 g/mol. The number of hydrogen-bond acceptors (Lipinski definition) is 4. The van der Waals surface area contributed by atoms with Gasteiger partial charge in [0.25, 0.3) is 0 Å². The van der Waals surface area contributed by atoms with Crippen LogP contribution in [0.2, 0.25) is 0 Å². The number of benzene rings is 1. The van der Waals surface area contributed by atoms with Gasteiger partial charge in [0.05, 0.1) is 16.3 Å². The van der Waals surface area contributed by atoms with E-state index in [1.807, 2.05) is 25.9 Å². The van der Waals surface area contributed by atoms with Crippen LogP contribution in [0.1, 0.15) is 27.2 Å². The first-order chi connectivity index (χ1) is 11.3. The molecule has 0 heterocycles. The topological polar surface area (TPSA) is 81.8 Å². The van der Waals surface area contributed by atoms with Crippen molar-refractivity contribution in [3.05, 3.63) is 18.2 Å². The molecule has 1 aromatic rings. The van der Waals surface area contributed by atoms with Crippen LogP contribution in [0.15, 0.2) is 23.1 Å². The zero-order chi connectivity index (χ0) is 18.3. The van der Waals surface area contributed by atoms with E-state index >= 15 is 0 Å². The van der Waals surface area contributed by atoms with E-state index in [-0.39, 0.29) is 10.9 Å². The Hall–Kier alpha value is -1.80. The van der Waals surface area contributed by atoms with Crippen LogP contribution in [0.3, 0.4) is 0 Å². The molecule has 0 bridgehead atoms. The second kappa shape index (κ2) is 8.89. The second-order valence-electron chi connectivity index (χ2n) is 5.54. The van der Waals surface area contributed by atoms with Crippen molar-refractivity contribution < 1.29 is 13.2 Å². The van der Waals surface area contributed by atoms with Crippen LogP contribution in [-0.4, -0.2) is 52.5 Å². The molecule has 0 unspecified atom stereocenters. The van der Waals surface area contributed by atoms with E-state index in [1.54, 1.807) is 26.0 Å². The highest BCUT2D eigenvalue weighted by atomic mass is 32.2. The molecule has 0 radical (unpaired) electrons. The van der Waals surface area contributed by atoms with Gasteiger partial charge in [0.2, 0.25) is 10.0 Å². The van der Waals surface area contributed by atoms with E-state index in [4.69, 9.17) is 0 Å². The fraction of sp³-hybridized carbons (Fsp3) is 0.562. The smallest absolute Gasteiger partial charge is 0.319 e. The SMILES string of the molecule is CCCNC(=O)Nc1cc(S(=O)(=O)N(CC)CC)ccc1N(C)C. The Morgan fingerprint density at radius 1 is 1.12 bits per heavy atom. The zero-order valence-corrected chi connectivity index (χ0v) is 15.9. The molecule has 0 aromatic heterocycles. The largest absolute Gasteiger partial charge is 0.376 e. The summed E-state index contributed by atoms with van der Waals surface area (Å²) in [6.07, 6.45) is 0.824. The van der Waals surface area contributed by atoms with Crippen molar-refractivity contribution in [1.29, 1.82) is 0 Å². The maximum absolute atomic E-state index is 12.7. The van der Waals surface area contributed by atoms with Crippen molar-refractivity contribution in [3.8, 4) is 0 Å². The van der Waals surface area contributed by atoms with Crippen LogP contribution in [0.5, 0.6) is 0 Å². The lowest BCUT2D eigenvalue weighted by molar-refractivity contribution is 0.252. The Morgan fingerprint density at radius 3 is 2.25 bits per heavy atom. The van der Waals surface area contributed by atoms with Crippen molar-refractivity contribution in [1.82, 2.24) is 9.62 Å². The van der Waals surface area contributed by atoms with E-state index in [1.165, 1.54) is 10.4 Å². The van der Waals surface area contributed by atoms with E-state index in [2.05, 4.69) is 10.6 Å². The predicted molar refractivity (Wildman–Crippen MR) is 98.2 cm³/mol. The molecule has 7 nitrogen and oxygen atoms in total. The molecule has 2 amide bonds. The van der Waals surface area contributed by atoms with Gasteiger partial charge in [-0.25, -0.2) is 13.2 Å². The summed E-state index contributed by atoms with van der Waals surface area (Å²) < 4.78 is 26.7. The lowest BCUT2D eigenvalue weighted by Gasteiger charge is -2.22. The molecule has 0 fully saturated rings. The van der Waals surface area contributed by atoms with Gasteiger partial charge in [-0.15, -0.1) is 0 Å². The summed E-state index contributed by atoms with van der Waals surface area (Å²) in [5, 5.41) is 5.46. The number of amides is 2. The summed E-state index contributed by atoms with van der Waals surface area (Å²) in [6.45, 7) is 6.91. The molecule has 1 aromatic carbocycles. The number of hydrogen-bond donors (Lipinski definition) is 2. The lowest BCUT2D eigenvalue weighted by Crippen LogP contribution is -2.32. The molecular weight excluding hydrogens is 328 g/mol. The van der Waals surface area contributed by atoms with Gasteiger partial charge < -0.3 is 15.5 Å². The first kappa shape index (κ1) is 20.2. The van der Waals surface area contributed by atoms with Gasteiger partial charge in [-0.1, -0.05) is 20.8 Å². The molecule has 0 aliphatic rings. The average molecular weight is 356 g/mol. The first-order valence-corrected chi connectivity index (χ1v) is 9.58. The minimum Gasteiger partial charge on any atom is -0.376 e. The fourth-order valence-corrected chi connectivity index (χ4v) is 3.77. The molecule has 2 N–H and O–H groups in total. The van der Waals surface area contributed by atoms with E-state index < -0.39 is 10.0 Å². The summed E-state index contributed by atoms with van der Waals surface area (Å²) in [5.41, 5.74) is 1.20. The summed E-state index contributed by atoms with van der Waals surface area (Å²) in [7, 11) is 0.0969. The molecule has 0 saturated heterocycles. The zero-order valence-electron chi connectivity index (χ0n) is 15.1.